The predicted molar refractivity (Wildman–Crippen MR) is 100 cm³/mol. The molecule has 1 saturated heterocycles. The molecule has 5 rings (SSSR count). The fourth-order valence-corrected chi connectivity index (χ4v) is 4.70. The van der Waals surface area contributed by atoms with E-state index in [1.54, 1.807) is 12.1 Å². The maximum Gasteiger partial charge on any atom is 0.310 e. The van der Waals surface area contributed by atoms with Crippen molar-refractivity contribution in [2.24, 2.45) is 17.6 Å². The van der Waals surface area contributed by atoms with Crippen molar-refractivity contribution >= 4 is 5.97 Å². The van der Waals surface area contributed by atoms with E-state index in [2.05, 4.69) is 0 Å². The lowest BCUT2D eigenvalue weighted by Gasteiger charge is -2.37. The first-order chi connectivity index (χ1) is 14.0. The lowest BCUT2D eigenvalue weighted by molar-refractivity contribution is -0.141. The largest absolute Gasteiger partial charge is 0.502 e. The Morgan fingerprint density at radius 2 is 1.62 bits per heavy atom. The van der Waals surface area contributed by atoms with Crippen LogP contribution in [0.4, 0.5) is 0 Å². The van der Waals surface area contributed by atoms with Crippen LogP contribution >= 0.6 is 0 Å². The first kappa shape index (κ1) is 17.9. The summed E-state index contributed by atoms with van der Waals surface area (Å²) in [6, 6.07) is 6.85. The normalized spacial score (nSPS) is 26.5. The summed E-state index contributed by atoms with van der Waals surface area (Å²) in [4.78, 5) is 12.7. The van der Waals surface area contributed by atoms with E-state index in [1.807, 2.05) is 12.1 Å². The fourth-order valence-electron chi connectivity index (χ4n) is 4.70. The summed E-state index contributed by atoms with van der Waals surface area (Å²) in [5.41, 5.74) is 9.07. The Balaban J connectivity index is 1.75. The number of nitrogens with two attached hydrogens (primary N) is 1. The average molecular weight is 399 g/mol. The minimum absolute atomic E-state index is 0.0947. The van der Waals surface area contributed by atoms with E-state index in [9.17, 15) is 9.90 Å². The van der Waals surface area contributed by atoms with Crippen LogP contribution in [0.2, 0.25) is 0 Å². The van der Waals surface area contributed by atoms with Gasteiger partial charge in [0.2, 0.25) is 12.5 Å². The molecular weight excluding hydrogens is 378 g/mol. The summed E-state index contributed by atoms with van der Waals surface area (Å²) < 4.78 is 27.1. The van der Waals surface area contributed by atoms with E-state index in [-0.39, 0.29) is 54.5 Å². The fraction of sp³-hybridized carbons (Fsp3) is 0.381. The van der Waals surface area contributed by atoms with Crippen molar-refractivity contribution in [1.29, 1.82) is 0 Å². The van der Waals surface area contributed by atoms with Gasteiger partial charge in [0.15, 0.2) is 23.0 Å². The molecule has 1 fully saturated rings. The molecule has 29 heavy (non-hydrogen) atoms. The number of methoxy groups -OCH3 is 2. The topological polar surface area (TPSA) is 109 Å². The van der Waals surface area contributed by atoms with Crippen LogP contribution in [0.25, 0.3) is 0 Å². The Bertz CT molecular complexity index is 980. The quantitative estimate of drug-likeness (QED) is 0.755. The number of carbonyl (C=O) groups is 1. The first-order valence-corrected chi connectivity index (χ1v) is 9.34. The molecular formula is C21H21NO7. The number of esters is 1. The van der Waals surface area contributed by atoms with Gasteiger partial charge in [0.1, 0.15) is 0 Å². The summed E-state index contributed by atoms with van der Waals surface area (Å²) in [6.07, 6.45) is 0. The number of aromatic hydroxyl groups is 1. The molecule has 3 aliphatic rings. The monoisotopic (exact) mass is 399 g/mol. The third-order valence-electron chi connectivity index (χ3n) is 6.11. The van der Waals surface area contributed by atoms with Crippen molar-refractivity contribution in [1.82, 2.24) is 0 Å². The van der Waals surface area contributed by atoms with Crippen molar-refractivity contribution in [2.75, 3.05) is 27.6 Å². The molecule has 0 amide bonds. The Morgan fingerprint density at radius 1 is 1.00 bits per heavy atom. The van der Waals surface area contributed by atoms with E-state index in [0.29, 0.717) is 11.5 Å². The van der Waals surface area contributed by atoms with Crippen molar-refractivity contribution in [3.63, 3.8) is 0 Å². The summed E-state index contributed by atoms with van der Waals surface area (Å²) in [7, 11) is 2.93. The zero-order valence-electron chi connectivity index (χ0n) is 16.0. The first-order valence-electron chi connectivity index (χ1n) is 9.34. The van der Waals surface area contributed by atoms with Gasteiger partial charge in [-0.15, -0.1) is 0 Å². The van der Waals surface area contributed by atoms with E-state index < -0.39 is 5.92 Å². The van der Waals surface area contributed by atoms with Crippen molar-refractivity contribution in [3.05, 3.63) is 41.0 Å². The minimum atomic E-state index is -0.461. The number of rotatable bonds is 3. The third kappa shape index (κ3) is 2.52. The number of phenols is 1. The van der Waals surface area contributed by atoms with Gasteiger partial charge in [-0.3, -0.25) is 4.79 Å². The second-order valence-corrected chi connectivity index (χ2v) is 7.43. The Kier molecular flexibility index (Phi) is 3.99. The molecule has 152 valence electrons. The van der Waals surface area contributed by atoms with E-state index in [1.165, 1.54) is 14.2 Å². The molecule has 0 aromatic heterocycles. The van der Waals surface area contributed by atoms with Crippen LogP contribution < -0.4 is 24.7 Å². The molecule has 0 spiro atoms. The lowest BCUT2D eigenvalue weighted by atomic mass is 9.65. The van der Waals surface area contributed by atoms with E-state index >= 15 is 0 Å². The maximum absolute atomic E-state index is 12.7. The van der Waals surface area contributed by atoms with Crippen LogP contribution in [0.3, 0.4) is 0 Å². The molecule has 2 aromatic rings. The van der Waals surface area contributed by atoms with E-state index in [0.717, 1.165) is 16.7 Å². The standard InChI is InChI=1S/C21H21NO7/c1-25-15-3-9(4-16(26-2)20(15)23)17-10-5-13-14(29-8-28-13)6-11(10)19(22)12-7-27-21(24)18(12)17/h3-6,12,17-19,23H,7-8,22H2,1-2H3/t12-,17?,18?,19+/m0/s1. The molecule has 3 N–H and O–H groups in total. The number of ether oxygens (including phenoxy) is 5. The number of cyclic esters (lactones) is 1. The van der Waals surface area contributed by atoms with Crippen LogP contribution in [-0.2, 0) is 9.53 Å². The van der Waals surface area contributed by atoms with Gasteiger partial charge in [0.05, 0.1) is 26.7 Å². The second kappa shape index (κ2) is 6.45. The third-order valence-corrected chi connectivity index (χ3v) is 6.11. The zero-order valence-corrected chi connectivity index (χ0v) is 16.0. The molecule has 2 unspecified atom stereocenters. The lowest BCUT2D eigenvalue weighted by Crippen LogP contribution is -2.38. The van der Waals surface area contributed by atoms with Gasteiger partial charge in [-0.1, -0.05) is 0 Å². The van der Waals surface area contributed by atoms with Gasteiger partial charge >= 0.3 is 5.97 Å². The zero-order chi connectivity index (χ0) is 20.3. The van der Waals surface area contributed by atoms with Crippen molar-refractivity contribution in [2.45, 2.75) is 12.0 Å². The Labute approximate surface area is 167 Å². The molecule has 4 atom stereocenters. The summed E-state index contributed by atoms with van der Waals surface area (Å²) in [6.45, 7) is 0.412. The summed E-state index contributed by atoms with van der Waals surface area (Å²) >= 11 is 0. The van der Waals surface area contributed by atoms with Crippen LogP contribution in [-0.4, -0.2) is 38.7 Å². The number of phenolic OH excluding ortho intramolecular Hbond substituents is 1. The molecule has 2 aliphatic heterocycles. The highest BCUT2D eigenvalue weighted by Crippen LogP contribution is 2.54. The van der Waals surface area contributed by atoms with Gasteiger partial charge in [0.25, 0.3) is 0 Å². The molecule has 8 heteroatoms. The maximum atomic E-state index is 12.7. The number of hydrogen-bond donors (Lipinski definition) is 2. The van der Waals surface area contributed by atoms with Gasteiger partial charge < -0.3 is 34.5 Å². The van der Waals surface area contributed by atoms with Gasteiger partial charge in [-0.2, -0.15) is 0 Å². The number of hydrogen-bond acceptors (Lipinski definition) is 8. The Hall–Kier alpha value is -3.13. The second-order valence-electron chi connectivity index (χ2n) is 7.43. The Morgan fingerprint density at radius 3 is 2.24 bits per heavy atom. The molecule has 8 nitrogen and oxygen atoms in total. The average Bonchev–Trinajstić information content (AvgIpc) is 3.34. The summed E-state index contributed by atoms with van der Waals surface area (Å²) in [5.74, 6) is 0.406. The number of carbonyl (C=O) groups excluding carboxylic acids is 1. The predicted octanol–water partition coefficient (Wildman–Crippen LogP) is 2.07. The molecule has 0 radical (unpaired) electrons. The van der Waals surface area contributed by atoms with Crippen molar-refractivity contribution < 1.29 is 33.6 Å². The van der Waals surface area contributed by atoms with Gasteiger partial charge in [-0.05, 0) is 41.0 Å². The summed E-state index contributed by atoms with van der Waals surface area (Å²) in [5, 5.41) is 10.3. The van der Waals surface area contributed by atoms with Crippen LogP contribution in [0, 0.1) is 11.8 Å². The molecule has 0 saturated carbocycles. The number of fused-ring (bicyclic) bond motifs is 3. The molecule has 2 heterocycles. The molecule has 1 aliphatic carbocycles. The molecule has 0 bridgehead atoms. The highest BCUT2D eigenvalue weighted by atomic mass is 16.7. The van der Waals surface area contributed by atoms with Crippen LogP contribution in [0.15, 0.2) is 24.3 Å². The van der Waals surface area contributed by atoms with Crippen molar-refractivity contribution in [3.8, 4) is 28.7 Å². The van der Waals surface area contributed by atoms with Crippen LogP contribution in [0.5, 0.6) is 28.7 Å². The van der Waals surface area contributed by atoms with Gasteiger partial charge in [-0.25, -0.2) is 0 Å². The highest BCUT2D eigenvalue weighted by Gasteiger charge is 2.51. The van der Waals surface area contributed by atoms with Gasteiger partial charge in [0, 0.05) is 17.9 Å². The SMILES string of the molecule is COc1cc(C2c3cc4c(cc3[C@@H](N)[C@H]3COC(=O)C23)OCO4)cc(OC)c1O. The number of benzene rings is 2. The smallest absolute Gasteiger partial charge is 0.310 e. The van der Waals surface area contributed by atoms with Crippen LogP contribution in [0.1, 0.15) is 28.7 Å². The molecule has 2 aromatic carbocycles. The minimum Gasteiger partial charge on any atom is -0.502 e. The van der Waals surface area contributed by atoms with E-state index in [4.69, 9.17) is 29.4 Å². The highest BCUT2D eigenvalue weighted by molar-refractivity contribution is 5.79.